The Morgan fingerprint density at radius 2 is 1.94 bits per heavy atom. The number of non-ortho nitro benzene ring substituents is 1. The molecule has 0 fully saturated rings. The molecule has 1 aromatic rings. The number of nitrogens with zero attached hydrogens (tertiary/aromatic N) is 1. The second-order valence-electron chi connectivity index (χ2n) is 8.20. The maximum absolute atomic E-state index is 13.2. The van der Waals surface area contributed by atoms with Crippen molar-refractivity contribution in [3.05, 3.63) is 31.4 Å². The molecule has 0 aliphatic carbocycles. The first-order valence-corrected chi connectivity index (χ1v) is 12.2. The molecule has 198 valence electrons. The number of hydrogen-bond acceptors (Lipinski definition) is 9. The summed E-state index contributed by atoms with van der Waals surface area (Å²) in [6.07, 6.45) is -0.340. The molecule has 8 N–H and O–H groups in total. The van der Waals surface area contributed by atoms with E-state index in [4.69, 9.17) is 16.2 Å². The minimum Gasteiger partial charge on any atom is -0.492 e. The summed E-state index contributed by atoms with van der Waals surface area (Å²) < 4.78 is 5.95. The number of hydrogen-bond donors (Lipinski definition) is 6. The molecule has 0 saturated heterocycles. The van der Waals surface area contributed by atoms with Gasteiger partial charge in [-0.25, -0.2) is 0 Å². The Balaban J connectivity index is 2.55. The first-order chi connectivity index (χ1) is 17.0. The second kappa shape index (κ2) is 13.3. The number of ether oxygens (including phenoxy) is 1. The zero-order chi connectivity index (χ0) is 27.0. The topological polar surface area (TPSA) is 229 Å². The molecule has 0 aromatic heterocycles. The summed E-state index contributed by atoms with van der Waals surface area (Å²) in [5.41, 5.74) is 10.4. The molecule has 1 aliphatic heterocycles. The third kappa shape index (κ3) is 7.72. The van der Waals surface area contributed by atoms with Crippen LogP contribution in [0.5, 0.6) is 5.75 Å². The second-order valence-corrected chi connectivity index (χ2v) is 9.36. The predicted octanol–water partition coefficient (Wildman–Crippen LogP) is -0.955. The number of halogens is 1. The van der Waals surface area contributed by atoms with Crippen LogP contribution in [0.2, 0.25) is 0 Å². The van der Waals surface area contributed by atoms with Crippen LogP contribution < -0.4 is 32.2 Å². The average molecular weight is 620 g/mol. The van der Waals surface area contributed by atoms with E-state index in [1.807, 2.05) is 0 Å². The maximum Gasteiger partial charge on any atom is 0.271 e. The van der Waals surface area contributed by atoms with Crippen molar-refractivity contribution in [2.45, 2.75) is 56.8 Å². The Hall–Kier alpha value is -3.05. The number of nitrogens with two attached hydrogens (primary N) is 2. The van der Waals surface area contributed by atoms with Crippen molar-refractivity contribution < 1.29 is 33.9 Å². The quantitative estimate of drug-likeness (QED) is 0.0954. The molecular weight excluding hydrogens is 591 g/mol. The molecule has 1 aliphatic rings. The normalized spacial score (nSPS) is 22.1. The summed E-state index contributed by atoms with van der Waals surface area (Å²) in [5.74, 6) is -3.33. The number of nitro groups is 1. The van der Waals surface area contributed by atoms with Crippen molar-refractivity contribution in [1.82, 2.24) is 16.0 Å². The zero-order valence-corrected chi connectivity index (χ0v) is 21.6. The van der Waals surface area contributed by atoms with Gasteiger partial charge in [0.2, 0.25) is 17.7 Å². The van der Waals surface area contributed by atoms with E-state index in [0.717, 1.165) is 6.07 Å². The maximum atomic E-state index is 13.2. The molecule has 0 radical (unpaired) electrons. The average Bonchev–Trinajstić information content (AvgIpc) is 2.80. The zero-order valence-electron chi connectivity index (χ0n) is 19.5. The Morgan fingerprint density at radius 3 is 2.53 bits per heavy atom. The van der Waals surface area contributed by atoms with Gasteiger partial charge in [0.1, 0.15) is 23.9 Å². The van der Waals surface area contributed by atoms with Gasteiger partial charge in [-0.1, -0.05) is 0 Å². The number of amides is 4. The monoisotopic (exact) mass is 620 g/mol. The van der Waals surface area contributed by atoms with E-state index in [0.29, 0.717) is 19.4 Å². The summed E-state index contributed by atoms with van der Waals surface area (Å²) in [5, 5.41) is 28.8. The van der Waals surface area contributed by atoms with E-state index in [9.17, 15) is 34.4 Å². The molecule has 1 heterocycles. The Labute approximate surface area is 220 Å². The highest BCUT2D eigenvalue weighted by Crippen LogP contribution is 2.31. The number of aliphatic hydroxyl groups excluding tert-OH is 1. The summed E-state index contributed by atoms with van der Waals surface area (Å²) in [4.78, 5) is 61.7. The number of benzene rings is 1. The minimum absolute atomic E-state index is 0.00767. The van der Waals surface area contributed by atoms with Crippen LogP contribution in [-0.2, 0) is 14.4 Å². The van der Waals surface area contributed by atoms with Crippen molar-refractivity contribution >= 4 is 51.9 Å². The molecule has 15 heteroatoms. The van der Waals surface area contributed by atoms with E-state index in [1.54, 1.807) is 22.6 Å². The van der Waals surface area contributed by atoms with Gasteiger partial charge in [0.15, 0.2) is 0 Å². The number of fused-ring (bicyclic) bond motifs is 1. The molecule has 1 aromatic carbocycles. The van der Waals surface area contributed by atoms with Gasteiger partial charge in [0.05, 0.1) is 26.8 Å². The van der Waals surface area contributed by atoms with Crippen molar-refractivity contribution in [3.63, 3.8) is 0 Å². The first-order valence-electron chi connectivity index (χ1n) is 11.2. The summed E-state index contributed by atoms with van der Waals surface area (Å²) in [6, 6.07) is -1.60. The number of unbranched alkanes of at least 4 members (excludes halogenated alkanes) is 1. The van der Waals surface area contributed by atoms with E-state index in [2.05, 4.69) is 16.0 Å². The molecule has 0 saturated carbocycles. The predicted molar refractivity (Wildman–Crippen MR) is 135 cm³/mol. The van der Waals surface area contributed by atoms with Crippen LogP contribution in [0, 0.1) is 13.7 Å². The molecule has 1 unspecified atom stereocenters. The number of carbonyl (C=O) groups is 4. The minimum atomic E-state index is -1.45. The van der Waals surface area contributed by atoms with Crippen LogP contribution >= 0.6 is 22.6 Å². The van der Waals surface area contributed by atoms with Gasteiger partial charge in [-0.15, -0.1) is 0 Å². The van der Waals surface area contributed by atoms with Crippen LogP contribution in [0.1, 0.15) is 43.0 Å². The molecule has 36 heavy (non-hydrogen) atoms. The van der Waals surface area contributed by atoms with Gasteiger partial charge in [-0.3, -0.25) is 29.3 Å². The van der Waals surface area contributed by atoms with Crippen molar-refractivity contribution in [2.24, 2.45) is 11.5 Å². The number of rotatable bonds is 7. The summed E-state index contributed by atoms with van der Waals surface area (Å²) >= 11 is 1.77. The highest BCUT2D eigenvalue weighted by Gasteiger charge is 2.33. The number of nitrogens with one attached hydrogen (secondary N) is 3. The van der Waals surface area contributed by atoms with Crippen LogP contribution in [-0.4, -0.2) is 71.0 Å². The largest absolute Gasteiger partial charge is 0.492 e. The van der Waals surface area contributed by atoms with Crippen LogP contribution in [0.3, 0.4) is 0 Å². The highest BCUT2D eigenvalue weighted by atomic mass is 127. The van der Waals surface area contributed by atoms with Gasteiger partial charge in [-0.05, 0) is 55.3 Å². The van der Waals surface area contributed by atoms with Gasteiger partial charge in [0, 0.05) is 18.6 Å². The fourth-order valence-corrected chi connectivity index (χ4v) is 4.25. The molecule has 14 nitrogen and oxygen atoms in total. The Kier molecular flexibility index (Phi) is 10.8. The number of primary amides is 1. The molecule has 0 bridgehead atoms. The highest BCUT2D eigenvalue weighted by molar-refractivity contribution is 14.1. The molecular formula is C21H29IN6O8. The lowest BCUT2D eigenvalue weighted by molar-refractivity contribution is -0.385. The Bertz CT molecular complexity index is 1020. The van der Waals surface area contributed by atoms with E-state index in [1.165, 1.54) is 13.0 Å². The fourth-order valence-electron chi connectivity index (χ4n) is 3.48. The first kappa shape index (κ1) is 29.2. The van der Waals surface area contributed by atoms with Crippen LogP contribution in [0.15, 0.2) is 12.1 Å². The number of aliphatic hydroxyl groups is 1. The van der Waals surface area contributed by atoms with Crippen molar-refractivity contribution in [2.75, 3.05) is 13.2 Å². The lowest BCUT2D eigenvalue weighted by Gasteiger charge is -2.27. The van der Waals surface area contributed by atoms with Gasteiger partial charge in [-0.2, -0.15) is 0 Å². The molecule has 4 atom stereocenters. The molecule has 2 rings (SSSR count). The third-order valence-electron chi connectivity index (χ3n) is 5.43. The van der Waals surface area contributed by atoms with Crippen molar-refractivity contribution in [1.29, 1.82) is 0 Å². The van der Waals surface area contributed by atoms with Crippen LogP contribution in [0.25, 0.3) is 0 Å². The van der Waals surface area contributed by atoms with Gasteiger partial charge >= 0.3 is 0 Å². The lowest BCUT2D eigenvalue weighted by atomic mass is 10.0. The standard InChI is InChI=1S/C21H29IN6O8/c1-10(29)16-21(33)25-14(18(24)30)5-7-36-17-12(8-11(28(34)35)9-13(17)22)19(31)26-15(20(32)27-16)4-2-3-6-23/h8-10,14-16,29H,2-7,23H2,1H3,(H2,24,30)(H,25,33)(H,26,31)(H,27,32)/t10?,14-,15-,16-/m0/s1. The fraction of sp³-hybridized carbons (Fsp3) is 0.524. The number of carbonyl (C=O) groups excluding carboxylic acids is 4. The van der Waals surface area contributed by atoms with Crippen molar-refractivity contribution in [3.8, 4) is 5.75 Å². The lowest BCUT2D eigenvalue weighted by Crippen LogP contribution is -2.59. The smallest absolute Gasteiger partial charge is 0.271 e. The molecule has 0 spiro atoms. The van der Waals surface area contributed by atoms with E-state index < -0.39 is 52.8 Å². The molecule has 4 amide bonds. The SMILES string of the molecule is CC(O)[C@@H]1NC(=O)[C@H](CCCCN)NC(=O)c2cc([N+](=O)[O-])cc(I)c2OCC[C@@H](C(N)=O)NC1=O. The summed E-state index contributed by atoms with van der Waals surface area (Å²) in [6.45, 7) is 1.43. The van der Waals surface area contributed by atoms with Gasteiger partial charge < -0.3 is 37.3 Å². The summed E-state index contributed by atoms with van der Waals surface area (Å²) in [7, 11) is 0. The Morgan fingerprint density at radius 1 is 1.25 bits per heavy atom. The number of nitro benzene ring substituents is 1. The third-order valence-corrected chi connectivity index (χ3v) is 6.23. The van der Waals surface area contributed by atoms with Crippen LogP contribution in [0.4, 0.5) is 5.69 Å². The van der Waals surface area contributed by atoms with Gasteiger partial charge in [0.25, 0.3) is 11.6 Å². The van der Waals surface area contributed by atoms with E-state index >= 15 is 0 Å². The van der Waals surface area contributed by atoms with E-state index in [-0.39, 0.29) is 40.0 Å².